The molecule has 0 fully saturated rings. The second-order valence-electron chi connectivity index (χ2n) is 7.20. The predicted molar refractivity (Wildman–Crippen MR) is 110 cm³/mol. The molecule has 4 heteroatoms. The van der Waals surface area contributed by atoms with Crippen molar-refractivity contribution >= 4 is 17.4 Å². The minimum Gasteiger partial charge on any atom is -0.320 e. The molecule has 0 bridgehead atoms. The smallest absolute Gasteiger partial charge is 0.290 e. The molecule has 0 aliphatic carbocycles. The van der Waals surface area contributed by atoms with Gasteiger partial charge in [0.2, 0.25) is 6.54 Å². The van der Waals surface area contributed by atoms with E-state index in [-0.39, 0.29) is 18.2 Å². The molecule has 1 N–H and O–H groups in total. The summed E-state index contributed by atoms with van der Waals surface area (Å²) in [6.45, 7) is 6.41. The van der Waals surface area contributed by atoms with Crippen LogP contribution in [0.5, 0.6) is 0 Å². The van der Waals surface area contributed by atoms with Crippen molar-refractivity contribution in [2.75, 3.05) is 5.32 Å². The number of carbonyl (C=O) groups excluding carboxylic acids is 2. The lowest BCUT2D eigenvalue weighted by molar-refractivity contribution is -0.684. The molecule has 0 aliphatic rings. The summed E-state index contributed by atoms with van der Waals surface area (Å²) in [5, 5.41) is 3.05. The largest absolute Gasteiger partial charge is 0.320 e. The highest BCUT2D eigenvalue weighted by atomic mass is 16.2. The Morgan fingerprint density at radius 2 is 1.54 bits per heavy atom. The molecule has 142 valence electrons. The molecule has 1 heterocycles. The van der Waals surface area contributed by atoms with Crippen LogP contribution < -0.4 is 9.88 Å². The van der Waals surface area contributed by atoms with E-state index in [1.54, 1.807) is 41.2 Å². The fourth-order valence-corrected chi connectivity index (χ4v) is 3.16. The summed E-state index contributed by atoms with van der Waals surface area (Å²) in [6.07, 6.45) is 3.52. The molecule has 3 rings (SSSR count). The minimum absolute atomic E-state index is 0.0290. The first-order valence-corrected chi connectivity index (χ1v) is 9.44. The average Bonchev–Trinajstić information content (AvgIpc) is 2.70. The second kappa shape index (κ2) is 8.61. The third-order valence-electron chi connectivity index (χ3n) is 4.71. The average molecular weight is 373 g/mol. The van der Waals surface area contributed by atoms with Gasteiger partial charge in [-0.2, -0.15) is 4.57 Å². The van der Waals surface area contributed by atoms with Gasteiger partial charge in [0, 0.05) is 28.9 Å². The van der Waals surface area contributed by atoms with Gasteiger partial charge >= 0.3 is 0 Å². The number of carbonyl (C=O) groups is 2. The van der Waals surface area contributed by atoms with Gasteiger partial charge in [-0.3, -0.25) is 9.59 Å². The van der Waals surface area contributed by atoms with Crippen LogP contribution in [0.1, 0.15) is 46.8 Å². The molecular formula is C24H25N2O2+. The highest BCUT2D eigenvalue weighted by molar-refractivity contribution is 6.08. The van der Waals surface area contributed by atoms with Crippen LogP contribution in [0.15, 0.2) is 73.1 Å². The Balaban J connectivity index is 1.70. The van der Waals surface area contributed by atoms with E-state index < -0.39 is 0 Å². The molecule has 4 nitrogen and oxygen atoms in total. The zero-order chi connectivity index (χ0) is 20.1. The molecule has 0 aliphatic heterocycles. The number of anilines is 1. The quantitative estimate of drug-likeness (QED) is 0.518. The van der Waals surface area contributed by atoms with Gasteiger partial charge in [-0.05, 0) is 24.0 Å². The number of hydrogen-bond acceptors (Lipinski definition) is 2. The van der Waals surface area contributed by atoms with E-state index in [4.69, 9.17) is 0 Å². The number of benzene rings is 2. The molecule has 0 spiro atoms. The van der Waals surface area contributed by atoms with Crippen LogP contribution >= 0.6 is 0 Å². The summed E-state index contributed by atoms with van der Waals surface area (Å²) in [4.78, 5) is 25.0. The number of aromatic nitrogens is 1. The number of pyridine rings is 1. The molecule has 28 heavy (non-hydrogen) atoms. The van der Waals surface area contributed by atoms with Crippen molar-refractivity contribution in [3.8, 4) is 0 Å². The summed E-state index contributed by atoms with van der Waals surface area (Å²) in [6, 6.07) is 18.7. The van der Waals surface area contributed by atoms with Crippen LogP contribution in [0.3, 0.4) is 0 Å². The number of para-hydroxylation sites is 1. The van der Waals surface area contributed by atoms with Gasteiger partial charge in [-0.1, -0.05) is 62.4 Å². The van der Waals surface area contributed by atoms with Crippen LogP contribution in [-0.2, 0) is 11.3 Å². The highest BCUT2D eigenvalue weighted by Crippen LogP contribution is 2.27. The van der Waals surface area contributed by atoms with E-state index >= 15 is 0 Å². The van der Waals surface area contributed by atoms with Crippen molar-refractivity contribution in [1.29, 1.82) is 0 Å². The summed E-state index contributed by atoms with van der Waals surface area (Å²) < 4.78 is 1.77. The highest BCUT2D eigenvalue weighted by Gasteiger charge is 2.16. The van der Waals surface area contributed by atoms with Crippen molar-refractivity contribution < 1.29 is 14.2 Å². The first kappa shape index (κ1) is 19.5. The first-order chi connectivity index (χ1) is 13.5. The molecule has 0 saturated heterocycles. The third-order valence-corrected chi connectivity index (χ3v) is 4.71. The lowest BCUT2D eigenvalue weighted by atomic mass is 9.98. The SMILES string of the molecule is Cc1cccc(C(C)C)c1NC(=O)C[n+]1ccc(C(=O)c2ccccc2)cc1. The van der Waals surface area contributed by atoms with Crippen LogP contribution in [0.2, 0.25) is 0 Å². The standard InChI is InChI=1S/C24H24N2O2/c1-17(2)21-11-7-8-18(3)23(21)25-22(27)16-26-14-12-20(13-15-26)24(28)19-9-5-4-6-10-19/h4-15,17H,16H2,1-3H3/p+1. The monoisotopic (exact) mass is 373 g/mol. The van der Waals surface area contributed by atoms with Crippen molar-refractivity contribution in [2.24, 2.45) is 0 Å². The number of nitrogens with zero attached hydrogens (tertiary/aromatic N) is 1. The first-order valence-electron chi connectivity index (χ1n) is 9.44. The van der Waals surface area contributed by atoms with Gasteiger partial charge in [0.25, 0.3) is 5.91 Å². The lowest BCUT2D eigenvalue weighted by Gasteiger charge is -2.15. The predicted octanol–water partition coefficient (Wildman–Crippen LogP) is 4.28. The number of ketones is 1. The van der Waals surface area contributed by atoms with E-state index in [1.165, 1.54) is 0 Å². The Kier molecular flexibility index (Phi) is 5.99. The molecule has 0 radical (unpaired) electrons. The topological polar surface area (TPSA) is 50.1 Å². The number of rotatable bonds is 6. The molecule has 1 amide bonds. The minimum atomic E-state index is -0.0941. The Morgan fingerprint density at radius 1 is 0.893 bits per heavy atom. The number of nitrogens with one attached hydrogen (secondary N) is 1. The number of hydrogen-bond donors (Lipinski definition) is 1. The second-order valence-corrected chi connectivity index (χ2v) is 7.20. The Hall–Kier alpha value is -3.27. The Labute approximate surface area is 165 Å². The fraction of sp³-hybridized carbons (Fsp3) is 0.208. The van der Waals surface area contributed by atoms with Crippen molar-refractivity contribution in [3.63, 3.8) is 0 Å². The normalized spacial score (nSPS) is 10.7. The summed E-state index contributed by atoms with van der Waals surface area (Å²) >= 11 is 0. The zero-order valence-corrected chi connectivity index (χ0v) is 16.5. The summed E-state index contributed by atoms with van der Waals surface area (Å²) in [5.74, 6) is 0.202. The van der Waals surface area contributed by atoms with E-state index in [1.807, 2.05) is 43.3 Å². The fourth-order valence-electron chi connectivity index (χ4n) is 3.16. The summed E-state index contributed by atoms with van der Waals surface area (Å²) in [5.41, 5.74) is 4.32. The van der Waals surface area contributed by atoms with E-state index in [0.29, 0.717) is 17.0 Å². The third kappa shape index (κ3) is 4.52. The van der Waals surface area contributed by atoms with E-state index in [2.05, 4.69) is 19.2 Å². The molecule has 1 aromatic heterocycles. The Bertz CT molecular complexity index is 977. The van der Waals surface area contributed by atoms with Gasteiger partial charge in [-0.15, -0.1) is 0 Å². The van der Waals surface area contributed by atoms with Crippen molar-refractivity contribution in [1.82, 2.24) is 0 Å². The maximum atomic E-state index is 12.6. The van der Waals surface area contributed by atoms with Gasteiger partial charge in [-0.25, -0.2) is 0 Å². The van der Waals surface area contributed by atoms with Crippen LogP contribution in [0, 0.1) is 6.92 Å². The Morgan fingerprint density at radius 3 is 2.18 bits per heavy atom. The van der Waals surface area contributed by atoms with Crippen molar-refractivity contribution in [3.05, 3.63) is 95.3 Å². The van der Waals surface area contributed by atoms with Gasteiger partial charge in [0.05, 0.1) is 0 Å². The van der Waals surface area contributed by atoms with E-state index in [9.17, 15) is 9.59 Å². The van der Waals surface area contributed by atoms with Gasteiger partial charge in [0.1, 0.15) is 0 Å². The van der Waals surface area contributed by atoms with Crippen LogP contribution in [0.25, 0.3) is 0 Å². The molecule has 0 saturated carbocycles. The molecule has 0 atom stereocenters. The van der Waals surface area contributed by atoms with Crippen LogP contribution in [0.4, 0.5) is 5.69 Å². The molecule has 0 unspecified atom stereocenters. The number of amides is 1. The van der Waals surface area contributed by atoms with Crippen LogP contribution in [-0.4, -0.2) is 11.7 Å². The maximum absolute atomic E-state index is 12.6. The lowest BCUT2D eigenvalue weighted by Crippen LogP contribution is -2.40. The maximum Gasteiger partial charge on any atom is 0.290 e. The molecular weight excluding hydrogens is 348 g/mol. The number of aryl methyl sites for hydroxylation is 1. The molecule has 2 aromatic carbocycles. The zero-order valence-electron chi connectivity index (χ0n) is 16.5. The van der Waals surface area contributed by atoms with Gasteiger partial charge in [0.15, 0.2) is 18.2 Å². The molecule has 3 aromatic rings. The summed E-state index contributed by atoms with van der Waals surface area (Å²) in [7, 11) is 0. The van der Waals surface area contributed by atoms with Crippen molar-refractivity contribution in [2.45, 2.75) is 33.2 Å². The van der Waals surface area contributed by atoms with E-state index in [0.717, 1.165) is 16.8 Å². The van der Waals surface area contributed by atoms with Gasteiger partial charge < -0.3 is 5.32 Å².